The lowest BCUT2D eigenvalue weighted by Crippen LogP contribution is -2.23. The Bertz CT molecular complexity index is 323. The van der Waals surface area contributed by atoms with Crippen molar-refractivity contribution in [3.05, 3.63) is 29.1 Å². The number of amides is 1. The predicted octanol–water partition coefficient (Wildman–Crippen LogP) is 0.990. The SMILES string of the molecule is CONC(=O)c1ccc(C)nc1C. The van der Waals surface area contributed by atoms with Crippen LogP contribution in [0.2, 0.25) is 0 Å². The van der Waals surface area contributed by atoms with Crippen molar-refractivity contribution >= 4 is 5.91 Å². The van der Waals surface area contributed by atoms with Gasteiger partial charge >= 0.3 is 0 Å². The van der Waals surface area contributed by atoms with Crippen LogP contribution in [0.3, 0.4) is 0 Å². The molecule has 0 saturated heterocycles. The monoisotopic (exact) mass is 180 g/mol. The number of nitrogens with zero attached hydrogens (tertiary/aromatic N) is 1. The molecule has 0 radical (unpaired) electrons. The fourth-order valence-electron chi connectivity index (χ4n) is 1.07. The molecule has 1 aromatic rings. The van der Waals surface area contributed by atoms with E-state index in [0.29, 0.717) is 11.3 Å². The van der Waals surface area contributed by atoms with Gasteiger partial charge in [0, 0.05) is 5.69 Å². The van der Waals surface area contributed by atoms with Crippen LogP contribution in [-0.4, -0.2) is 18.0 Å². The van der Waals surface area contributed by atoms with E-state index in [1.807, 2.05) is 6.92 Å². The van der Waals surface area contributed by atoms with Crippen molar-refractivity contribution in [2.45, 2.75) is 13.8 Å². The topological polar surface area (TPSA) is 51.2 Å². The Balaban J connectivity index is 2.95. The lowest BCUT2D eigenvalue weighted by Gasteiger charge is -2.04. The van der Waals surface area contributed by atoms with Crippen molar-refractivity contribution in [1.29, 1.82) is 0 Å². The van der Waals surface area contributed by atoms with Crippen molar-refractivity contribution in [3.8, 4) is 0 Å². The first kappa shape index (κ1) is 9.67. The molecule has 0 aromatic carbocycles. The van der Waals surface area contributed by atoms with Crippen LogP contribution in [-0.2, 0) is 4.84 Å². The Morgan fingerprint density at radius 1 is 1.46 bits per heavy atom. The molecule has 0 aliphatic heterocycles. The van der Waals surface area contributed by atoms with E-state index in [2.05, 4.69) is 15.3 Å². The number of carbonyl (C=O) groups is 1. The van der Waals surface area contributed by atoms with Gasteiger partial charge in [0.2, 0.25) is 0 Å². The summed E-state index contributed by atoms with van der Waals surface area (Å²) in [7, 11) is 1.40. The smallest absolute Gasteiger partial charge is 0.276 e. The van der Waals surface area contributed by atoms with Crippen LogP contribution >= 0.6 is 0 Å². The Kier molecular flexibility index (Phi) is 2.97. The summed E-state index contributed by atoms with van der Waals surface area (Å²) >= 11 is 0. The van der Waals surface area contributed by atoms with Gasteiger partial charge in [-0.2, -0.15) is 0 Å². The number of pyridine rings is 1. The third-order valence-electron chi connectivity index (χ3n) is 1.66. The molecular weight excluding hydrogens is 168 g/mol. The highest BCUT2D eigenvalue weighted by molar-refractivity contribution is 5.94. The molecule has 0 aliphatic carbocycles. The van der Waals surface area contributed by atoms with E-state index in [-0.39, 0.29) is 5.91 Å². The highest BCUT2D eigenvalue weighted by Gasteiger charge is 2.08. The fourth-order valence-corrected chi connectivity index (χ4v) is 1.07. The predicted molar refractivity (Wildman–Crippen MR) is 48.2 cm³/mol. The maximum atomic E-state index is 11.3. The second kappa shape index (κ2) is 4.00. The largest absolute Gasteiger partial charge is 0.277 e. The Morgan fingerprint density at radius 2 is 2.15 bits per heavy atom. The number of nitrogens with one attached hydrogen (secondary N) is 1. The molecule has 0 aliphatic rings. The summed E-state index contributed by atoms with van der Waals surface area (Å²) in [6.07, 6.45) is 0. The number of aryl methyl sites for hydroxylation is 2. The van der Waals surface area contributed by atoms with E-state index in [9.17, 15) is 4.79 Å². The minimum Gasteiger partial charge on any atom is -0.277 e. The first-order chi connectivity index (χ1) is 6.15. The molecule has 0 unspecified atom stereocenters. The molecule has 0 bridgehead atoms. The summed E-state index contributed by atoms with van der Waals surface area (Å²) < 4.78 is 0. The van der Waals surface area contributed by atoms with Crippen LogP contribution in [0.15, 0.2) is 12.1 Å². The summed E-state index contributed by atoms with van der Waals surface area (Å²) in [6.45, 7) is 3.67. The summed E-state index contributed by atoms with van der Waals surface area (Å²) in [6, 6.07) is 3.52. The molecule has 0 saturated carbocycles. The quantitative estimate of drug-likeness (QED) is 0.690. The van der Waals surface area contributed by atoms with Gasteiger partial charge in [0.05, 0.1) is 18.4 Å². The van der Waals surface area contributed by atoms with Gasteiger partial charge in [-0.25, -0.2) is 5.48 Å². The zero-order chi connectivity index (χ0) is 9.84. The van der Waals surface area contributed by atoms with Gasteiger partial charge in [-0.15, -0.1) is 0 Å². The summed E-state index contributed by atoms with van der Waals surface area (Å²) in [4.78, 5) is 20.0. The van der Waals surface area contributed by atoms with E-state index >= 15 is 0 Å². The van der Waals surface area contributed by atoms with Gasteiger partial charge in [0.1, 0.15) is 0 Å². The zero-order valence-electron chi connectivity index (χ0n) is 7.92. The maximum absolute atomic E-state index is 11.3. The standard InChI is InChI=1S/C9H12N2O2/c1-6-4-5-8(7(2)10-6)9(12)11-13-3/h4-5H,1-3H3,(H,11,12). The van der Waals surface area contributed by atoms with E-state index in [1.165, 1.54) is 7.11 Å². The highest BCUT2D eigenvalue weighted by atomic mass is 16.6. The lowest BCUT2D eigenvalue weighted by atomic mass is 10.2. The van der Waals surface area contributed by atoms with Gasteiger partial charge < -0.3 is 0 Å². The molecule has 1 rings (SSSR count). The number of hydroxylamine groups is 1. The number of carbonyl (C=O) groups excluding carboxylic acids is 1. The van der Waals surface area contributed by atoms with E-state index in [0.717, 1.165) is 5.69 Å². The third kappa shape index (κ3) is 2.26. The summed E-state index contributed by atoms with van der Waals surface area (Å²) in [5.41, 5.74) is 4.38. The van der Waals surface area contributed by atoms with E-state index < -0.39 is 0 Å². The third-order valence-corrected chi connectivity index (χ3v) is 1.66. The van der Waals surface area contributed by atoms with Crippen LogP contribution in [0.4, 0.5) is 0 Å². The molecule has 4 heteroatoms. The Morgan fingerprint density at radius 3 is 2.69 bits per heavy atom. The number of rotatable bonds is 2. The van der Waals surface area contributed by atoms with Crippen LogP contribution in [0.1, 0.15) is 21.7 Å². The molecular formula is C9H12N2O2. The molecule has 70 valence electrons. The second-order valence-electron chi connectivity index (χ2n) is 2.72. The molecule has 1 N–H and O–H groups in total. The Labute approximate surface area is 76.9 Å². The van der Waals surface area contributed by atoms with Gasteiger partial charge in [0.25, 0.3) is 5.91 Å². The van der Waals surface area contributed by atoms with Gasteiger partial charge in [-0.1, -0.05) is 0 Å². The average molecular weight is 180 g/mol. The highest BCUT2D eigenvalue weighted by Crippen LogP contribution is 2.05. The van der Waals surface area contributed by atoms with Crippen molar-refractivity contribution in [2.24, 2.45) is 0 Å². The molecule has 1 heterocycles. The first-order valence-corrected chi connectivity index (χ1v) is 3.92. The molecule has 1 aromatic heterocycles. The fraction of sp³-hybridized carbons (Fsp3) is 0.333. The van der Waals surface area contributed by atoms with Crippen molar-refractivity contribution in [1.82, 2.24) is 10.5 Å². The minimum absolute atomic E-state index is 0.271. The van der Waals surface area contributed by atoms with Crippen LogP contribution < -0.4 is 5.48 Å². The van der Waals surface area contributed by atoms with Crippen LogP contribution in [0.5, 0.6) is 0 Å². The number of aromatic nitrogens is 1. The summed E-state index contributed by atoms with van der Waals surface area (Å²) in [5, 5.41) is 0. The summed E-state index contributed by atoms with van der Waals surface area (Å²) in [5.74, 6) is -0.271. The minimum atomic E-state index is -0.271. The van der Waals surface area contributed by atoms with Crippen molar-refractivity contribution in [3.63, 3.8) is 0 Å². The van der Waals surface area contributed by atoms with Gasteiger partial charge in [0.15, 0.2) is 0 Å². The normalized spacial score (nSPS) is 9.77. The van der Waals surface area contributed by atoms with Crippen LogP contribution in [0.25, 0.3) is 0 Å². The molecule has 1 amide bonds. The number of hydrogen-bond donors (Lipinski definition) is 1. The molecule has 13 heavy (non-hydrogen) atoms. The van der Waals surface area contributed by atoms with Crippen molar-refractivity contribution < 1.29 is 9.63 Å². The van der Waals surface area contributed by atoms with Gasteiger partial charge in [-0.3, -0.25) is 14.6 Å². The molecule has 0 fully saturated rings. The zero-order valence-corrected chi connectivity index (χ0v) is 7.92. The first-order valence-electron chi connectivity index (χ1n) is 3.92. The van der Waals surface area contributed by atoms with Crippen molar-refractivity contribution in [2.75, 3.05) is 7.11 Å². The van der Waals surface area contributed by atoms with E-state index in [4.69, 9.17) is 0 Å². The average Bonchev–Trinajstić information content (AvgIpc) is 2.04. The molecule has 4 nitrogen and oxygen atoms in total. The number of hydrogen-bond acceptors (Lipinski definition) is 3. The van der Waals surface area contributed by atoms with Crippen LogP contribution in [0, 0.1) is 13.8 Å². The second-order valence-corrected chi connectivity index (χ2v) is 2.72. The van der Waals surface area contributed by atoms with E-state index in [1.54, 1.807) is 19.1 Å². The Hall–Kier alpha value is -1.42. The molecule has 0 atom stereocenters. The molecule has 0 spiro atoms. The maximum Gasteiger partial charge on any atom is 0.276 e. The van der Waals surface area contributed by atoms with Gasteiger partial charge in [-0.05, 0) is 26.0 Å². The lowest BCUT2D eigenvalue weighted by molar-refractivity contribution is 0.0536.